The van der Waals surface area contributed by atoms with Crippen LogP contribution in [0.5, 0.6) is 11.5 Å². The molecular formula is C25H22O5. The summed E-state index contributed by atoms with van der Waals surface area (Å²) in [6, 6.07) is 23.0. The minimum atomic E-state index is -1.03. The summed E-state index contributed by atoms with van der Waals surface area (Å²) in [5, 5.41) is 0. The largest absolute Gasteiger partial charge is 0.493 e. The monoisotopic (exact) mass is 402 g/mol. The molecule has 0 radical (unpaired) electrons. The first-order valence-electron chi connectivity index (χ1n) is 9.37. The predicted molar refractivity (Wildman–Crippen MR) is 115 cm³/mol. The highest BCUT2D eigenvalue weighted by Gasteiger charge is 2.25. The minimum absolute atomic E-state index is 0.283. The van der Waals surface area contributed by atoms with Gasteiger partial charge < -0.3 is 14.2 Å². The zero-order valence-electron chi connectivity index (χ0n) is 16.8. The highest BCUT2D eigenvalue weighted by molar-refractivity contribution is 6.01. The van der Waals surface area contributed by atoms with Gasteiger partial charge in [-0.1, -0.05) is 66.7 Å². The van der Waals surface area contributed by atoms with Crippen LogP contribution in [0.15, 0.2) is 84.9 Å². The summed E-state index contributed by atoms with van der Waals surface area (Å²) in [6.45, 7) is 0. The number of esters is 1. The van der Waals surface area contributed by atoms with E-state index in [0.29, 0.717) is 22.6 Å². The number of ether oxygens (including phenoxy) is 3. The molecule has 0 unspecified atom stereocenters. The van der Waals surface area contributed by atoms with E-state index in [1.54, 1.807) is 87.0 Å². The van der Waals surface area contributed by atoms with E-state index in [2.05, 4.69) is 0 Å². The molecule has 5 nitrogen and oxygen atoms in total. The molecule has 152 valence electrons. The van der Waals surface area contributed by atoms with Gasteiger partial charge in [-0.25, -0.2) is 4.79 Å². The second-order valence-electron chi connectivity index (χ2n) is 6.41. The molecule has 0 bridgehead atoms. The van der Waals surface area contributed by atoms with Crippen molar-refractivity contribution in [2.45, 2.75) is 6.10 Å². The molecule has 0 aliphatic heterocycles. The summed E-state index contributed by atoms with van der Waals surface area (Å²) in [5.41, 5.74) is 1.82. The van der Waals surface area contributed by atoms with E-state index in [9.17, 15) is 9.59 Å². The van der Waals surface area contributed by atoms with Crippen LogP contribution in [0.3, 0.4) is 0 Å². The number of rotatable bonds is 8. The molecular weight excluding hydrogens is 380 g/mol. The van der Waals surface area contributed by atoms with Crippen molar-refractivity contribution >= 4 is 17.8 Å². The van der Waals surface area contributed by atoms with Gasteiger partial charge in [-0.15, -0.1) is 0 Å². The molecule has 0 saturated carbocycles. The number of ketones is 1. The Hall–Kier alpha value is -3.86. The molecule has 0 N–H and O–H groups in total. The molecule has 0 amide bonds. The van der Waals surface area contributed by atoms with Gasteiger partial charge >= 0.3 is 5.97 Å². The van der Waals surface area contributed by atoms with Gasteiger partial charge in [0.1, 0.15) is 0 Å². The van der Waals surface area contributed by atoms with Crippen LogP contribution in [0.2, 0.25) is 0 Å². The van der Waals surface area contributed by atoms with Crippen molar-refractivity contribution in [3.8, 4) is 11.5 Å². The van der Waals surface area contributed by atoms with Crippen molar-refractivity contribution in [1.82, 2.24) is 0 Å². The lowest BCUT2D eigenvalue weighted by molar-refractivity contribution is -0.141. The number of hydrogen-bond donors (Lipinski definition) is 0. The van der Waals surface area contributed by atoms with E-state index in [4.69, 9.17) is 14.2 Å². The van der Waals surface area contributed by atoms with Gasteiger partial charge in [0.25, 0.3) is 0 Å². The SMILES string of the molecule is COc1ccc(/C=C/C(=O)O[C@@H](C(=O)c2ccccc2)c2ccccc2)cc1OC. The topological polar surface area (TPSA) is 61.8 Å². The van der Waals surface area contributed by atoms with Crippen LogP contribution in [0.4, 0.5) is 0 Å². The van der Waals surface area contributed by atoms with Gasteiger partial charge in [0, 0.05) is 17.2 Å². The Morgan fingerprint density at radius 3 is 2.07 bits per heavy atom. The maximum absolute atomic E-state index is 13.0. The molecule has 0 spiro atoms. The summed E-state index contributed by atoms with van der Waals surface area (Å²) in [4.78, 5) is 25.5. The third-order valence-corrected chi connectivity index (χ3v) is 4.45. The first-order chi connectivity index (χ1) is 14.6. The van der Waals surface area contributed by atoms with Crippen molar-refractivity contribution < 1.29 is 23.8 Å². The van der Waals surface area contributed by atoms with Gasteiger partial charge in [0.15, 0.2) is 17.6 Å². The maximum atomic E-state index is 13.0. The normalized spacial score (nSPS) is 11.7. The Balaban J connectivity index is 1.80. The molecule has 0 saturated heterocycles. The highest BCUT2D eigenvalue weighted by Crippen LogP contribution is 2.28. The second-order valence-corrected chi connectivity index (χ2v) is 6.41. The fraction of sp³-hybridized carbons (Fsp3) is 0.120. The van der Waals surface area contributed by atoms with Crippen molar-refractivity contribution in [2.24, 2.45) is 0 Å². The fourth-order valence-electron chi connectivity index (χ4n) is 2.93. The number of hydrogen-bond acceptors (Lipinski definition) is 5. The molecule has 1 atom stereocenters. The van der Waals surface area contributed by atoms with Crippen LogP contribution >= 0.6 is 0 Å². The molecule has 3 rings (SSSR count). The number of Topliss-reactive ketones (excluding diaryl/α,β-unsaturated/α-hetero) is 1. The minimum Gasteiger partial charge on any atom is -0.493 e. The molecule has 0 aliphatic rings. The van der Waals surface area contributed by atoms with Gasteiger partial charge in [-0.05, 0) is 23.8 Å². The quantitative estimate of drug-likeness (QED) is 0.305. The van der Waals surface area contributed by atoms with Crippen LogP contribution in [-0.4, -0.2) is 26.0 Å². The summed E-state index contributed by atoms with van der Waals surface area (Å²) < 4.78 is 16.0. The van der Waals surface area contributed by atoms with E-state index in [1.165, 1.54) is 6.08 Å². The third kappa shape index (κ3) is 5.14. The number of carbonyl (C=O) groups is 2. The van der Waals surface area contributed by atoms with E-state index in [0.717, 1.165) is 5.56 Å². The molecule has 5 heteroatoms. The van der Waals surface area contributed by atoms with Crippen molar-refractivity contribution in [3.63, 3.8) is 0 Å². The average molecular weight is 402 g/mol. The summed E-state index contributed by atoms with van der Waals surface area (Å²) in [7, 11) is 3.09. The second kappa shape index (κ2) is 10.1. The zero-order chi connectivity index (χ0) is 21.3. The Bertz CT molecular complexity index is 1030. The maximum Gasteiger partial charge on any atom is 0.331 e. The summed E-state index contributed by atoms with van der Waals surface area (Å²) >= 11 is 0. The Morgan fingerprint density at radius 1 is 0.800 bits per heavy atom. The smallest absolute Gasteiger partial charge is 0.331 e. The molecule has 3 aromatic rings. The van der Waals surface area contributed by atoms with Crippen LogP contribution in [-0.2, 0) is 9.53 Å². The fourth-order valence-corrected chi connectivity index (χ4v) is 2.93. The van der Waals surface area contributed by atoms with Crippen molar-refractivity contribution in [1.29, 1.82) is 0 Å². The van der Waals surface area contributed by atoms with E-state index in [1.807, 2.05) is 12.1 Å². The first-order valence-corrected chi connectivity index (χ1v) is 9.37. The zero-order valence-corrected chi connectivity index (χ0v) is 16.8. The van der Waals surface area contributed by atoms with Gasteiger partial charge in [0.2, 0.25) is 5.78 Å². The molecule has 3 aromatic carbocycles. The molecule has 0 aliphatic carbocycles. The highest BCUT2D eigenvalue weighted by atomic mass is 16.5. The molecule has 30 heavy (non-hydrogen) atoms. The van der Waals surface area contributed by atoms with Gasteiger partial charge in [-0.3, -0.25) is 4.79 Å². The molecule has 0 fully saturated rings. The van der Waals surface area contributed by atoms with Crippen molar-refractivity contribution in [3.05, 3.63) is 102 Å². The van der Waals surface area contributed by atoms with Crippen LogP contribution in [0, 0.1) is 0 Å². The number of benzene rings is 3. The lowest BCUT2D eigenvalue weighted by atomic mass is 10.00. The third-order valence-electron chi connectivity index (χ3n) is 4.45. The Morgan fingerprint density at radius 2 is 1.43 bits per heavy atom. The first kappa shape index (κ1) is 20.9. The lowest BCUT2D eigenvalue weighted by Crippen LogP contribution is -2.19. The van der Waals surface area contributed by atoms with E-state index < -0.39 is 12.1 Å². The molecule has 0 heterocycles. The predicted octanol–water partition coefficient (Wildman–Crippen LogP) is 4.88. The standard InChI is InChI=1S/C25H22O5/c1-28-21-15-13-18(17-22(21)29-2)14-16-23(26)30-25(20-11-7-4-8-12-20)24(27)19-9-5-3-6-10-19/h3-17,25H,1-2H3/b16-14+/t25-/m1/s1. The van der Waals surface area contributed by atoms with E-state index in [-0.39, 0.29) is 5.78 Å². The Kier molecular flexibility index (Phi) is 7.00. The number of methoxy groups -OCH3 is 2. The summed E-state index contributed by atoms with van der Waals surface area (Å²) in [5.74, 6) is 0.238. The lowest BCUT2D eigenvalue weighted by Gasteiger charge is -2.16. The van der Waals surface area contributed by atoms with Gasteiger partial charge in [-0.2, -0.15) is 0 Å². The van der Waals surface area contributed by atoms with Crippen LogP contribution < -0.4 is 9.47 Å². The Labute approximate surface area is 175 Å². The average Bonchev–Trinajstić information content (AvgIpc) is 2.81. The van der Waals surface area contributed by atoms with E-state index >= 15 is 0 Å². The van der Waals surface area contributed by atoms with Crippen LogP contribution in [0.25, 0.3) is 6.08 Å². The van der Waals surface area contributed by atoms with Crippen LogP contribution in [0.1, 0.15) is 27.6 Å². The molecule has 0 aromatic heterocycles. The van der Waals surface area contributed by atoms with Crippen molar-refractivity contribution in [2.75, 3.05) is 14.2 Å². The van der Waals surface area contributed by atoms with Gasteiger partial charge in [0.05, 0.1) is 14.2 Å². The summed E-state index contributed by atoms with van der Waals surface area (Å²) in [6.07, 6.45) is 1.85. The number of carbonyl (C=O) groups excluding carboxylic acids is 2.